The monoisotopic (exact) mass is 484 g/mol. The van der Waals surface area contributed by atoms with Gasteiger partial charge in [0.05, 0.1) is 21.3 Å². The zero-order valence-electron chi connectivity index (χ0n) is 9.88. The first-order valence-electron chi connectivity index (χ1n) is 5.39. The van der Waals surface area contributed by atoms with Gasteiger partial charge in [0.15, 0.2) is 0 Å². The molecule has 2 rings (SSSR count). The molecule has 0 fully saturated rings. The Morgan fingerprint density at radius 1 is 1.20 bits per heavy atom. The average molecular weight is 486 g/mol. The fourth-order valence-electron chi connectivity index (χ4n) is 1.53. The van der Waals surface area contributed by atoms with E-state index in [0.717, 1.165) is 8.04 Å². The Balaban J connectivity index is 2.30. The summed E-state index contributed by atoms with van der Waals surface area (Å²) in [6.45, 7) is 0. The van der Waals surface area contributed by atoms with Crippen LogP contribution in [0.15, 0.2) is 34.8 Å². The SMILES string of the molecule is Nc1c(Cl)cc(NC(=O)c2cc(Br)ccc2I)cc1Cl. The summed E-state index contributed by atoms with van der Waals surface area (Å²) in [4.78, 5) is 12.2. The van der Waals surface area contributed by atoms with Crippen LogP contribution in [-0.4, -0.2) is 5.91 Å². The number of carbonyl (C=O) groups excluding carboxylic acids is 1. The third-order valence-electron chi connectivity index (χ3n) is 2.51. The molecule has 0 bridgehead atoms. The van der Waals surface area contributed by atoms with Gasteiger partial charge in [-0.25, -0.2) is 0 Å². The third kappa shape index (κ3) is 3.58. The first kappa shape index (κ1) is 15.9. The summed E-state index contributed by atoms with van der Waals surface area (Å²) < 4.78 is 1.67. The van der Waals surface area contributed by atoms with Crippen LogP contribution in [0.2, 0.25) is 10.0 Å². The number of rotatable bonds is 2. The standard InChI is InChI=1S/C13H8BrCl2IN2O/c14-6-1-2-11(17)8(3-6)13(20)19-7-4-9(15)12(18)10(16)5-7/h1-5H,18H2,(H,19,20). The van der Waals surface area contributed by atoms with Gasteiger partial charge in [-0.3, -0.25) is 4.79 Å². The van der Waals surface area contributed by atoms with Crippen LogP contribution >= 0.6 is 61.7 Å². The number of nitrogen functional groups attached to an aromatic ring is 1. The van der Waals surface area contributed by atoms with Crippen molar-refractivity contribution >= 4 is 79.0 Å². The van der Waals surface area contributed by atoms with Crippen molar-refractivity contribution in [3.05, 3.63) is 54.0 Å². The quantitative estimate of drug-likeness (QED) is 0.454. The van der Waals surface area contributed by atoms with E-state index in [4.69, 9.17) is 28.9 Å². The fourth-order valence-corrected chi connectivity index (χ4v) is 2.95. The Kier molecular flexibility index (Phi) is 5.17. The molecule has 7 heteroatoms. The molecule has 0 unspecified atom stereocenters. The van der Waals surface area contributed by atoms with Crippen molar-refractivity contribution in [1.82, 2.24) is 0 Å². The number of hydrogen-bond donors (Lipinski definition) is 2. The molecule has 2 aromatic carbocycles. The summed E-state index contributed by atoms with van der Waals surface area (Å²) in [6, 6.07) is 8.59. The molecule has 0 radical (unpaired) electrons. The van der Waals surface area contributed by atoms with E-state index in [-0.39, 0.29) is 5.91 Å². The molecular formula is C13H8BrCl2IN2O. The molecule has 0 aliphatic rings. The van der Waals surface area contributed by atoms with Crippen LogP contribution in [0.5, 0.6) is 0 Å². The van der Waals surface area contributed by atoms with Gasteiger partial charge in [0.1, 0.15) is 0 Å². The largest absolute Gasteiger partial charge is 0.396 e. The lowest BCUT2D eigenvalue weighted by molar-refractivity contribution is 0.102. The van der Waals surface area contributed by atoms with E-state index in [1.54, 1.807) is 18.2 Å². The molecule has 0 aromatic heterocycles. The Morgan fingerprint density at radius 3 is 2.40 bits per heavy atom. The van der Waals surface area contributed by atoms with Gasteiger partial charge in [0, 0.05) is 13.7 Å². The van der Waals surface area contributed by atoms with Crippen LogP contribution < -0.4 is 11.1 Å². The second-order valence-corrected chi connectivity index (χ2v) is 6.82. The summed E-state index contributed by atoms with van der Waals surface area (Å²) in [5.74, 6) is -0.243. The lowest BCUT2D eigenvalue weighted by Gasteiger charge is -2.10. The van der Waals surface area contributed by atoms with E-state index in [2.05, 4.69) is 43.8 Å². The zero-order chi connectivity index (χ0) is 14.9. The molecule has 0 saturated carbocycles. The average Bonchev–Trinajstić information content (AvgIpc) is 2.38. The minimum atomic E-state index is -0.243. The van der Waals surface area contributed by atoms with Crippen LogP contribution in [0.3, 0.4) is 0 Å². The maximum absolute atomic E-state index is 12.2. The van der Waals surface area contributed by atoms with Crippen molar-refractivity contribution in [3.63, 3.8) is 0 Å². The van der Waals surface area contributed by atoms with Gasteiger partial charge in [0.25, 0.3) is 5.91 Å². The normalized spacial score (nSPS) is 10.4. The Labute approximate surface area is 148 Å². The lowest BCUT2D eigenvalue weighted by Crippen LogP contribution is -2.13. The van der Waals surface area contributed by atoms with Crippen LogP contribution in [0.25, 0.3) is 0 Å². The maximum Gasteiger partial charge on any atom is 0.256 e. The van der Waals surface area contributed by atoms with Gasteiger partial charge in [-0.1, -0.05) is 39.1 Å². The number of nitrogens with one attached hydrogen (secondary N) is 1. The summed E-state index contributed by atoms with van der Waals surface area (Å²) >= 11 is 17.3. The highest BCUT2D eigenvalue weighted by Crippen LogP contribution is 2.31. The Morgan fingerprint density at radius 2 is 1.80 bits per heavy atom. The Bertz CT molecular complexity index is 671. The number of amides is 1. The molecule has 0 aliphatic carbocycles. The number of nitrogens with two attached hydrogens (primary N) is 1. The van der Waals surface area contributed by atoms with Crippen LogP contribution in [-0.2, 0) is 0 Å². The molecule has 104 valence electrons. The number of carbonyl (C=O) groups is 1. The predicted octanol–water partition coefficient (Wildman–Crippen LogP) is 5.20. The zero-order valence-corrected chi connectivity index (χ0v) is 15.1. The molecule has 3 N–H and O–H groups in total. The minimum absolute atomic E-state index is 0.243. The molecule has 1 amide bonds. The van der Waals surface area contributed by atoms with Gasteiger partial charge in [-0.2, -0.15) is 0 Å². The van der Waals surface area contributed by atoms with Gasteiger partial charge >= 0.3 is 0 Å². The second kappa shape index (κ2) is 6.51. The number of halogens is 4. The number of anilines is 2. The van der Waals surface area contributed by atoms with Crippen LogP contribution in [0.1, 0.15) is 10.4 Å². The van der Waals surface area contributed by atoms with Crippen LogP contribution in [0.4, 0.5) is 11.4 Å². The van der Waals surface area contributed by atoms with Crippen molar-refractivity contribution in [2.24, 2.45) is 0 Å². The minimum Gasteiger partial charge on any atom is -0.396 e. The summed E-state index contributed by atoms with van der Waals surface area (Å²) in [7, 11) is 0. The smallest absolute Gasteiger partial charge is 0.256 e. The van der Waals surface area contributed by atoms with E-state index < -0.39 is 0 Å². The molecule has 20 heavy (non-hydrogen) atoms. The highest BCUT2D eigenvalue weighted by Gasteiger charge is 2.12. The molecule has 0 atom stereocenters. The topological polar surface area (TPSA) is 55.1 Å². The molecule has 0 spiro atoms. The first-order chi connectivity index (χ1) is 9.38. The van der Waals surface area contributed by atoms with Gasteiger partial charge in [0.2, 0.25) is 0 Å². The van der Waals surface area contributed by atoms with Crippen molar-refractivity contribution in [3.8, 4) is 0 Å². The Hall–Kier alpha value is -0.500. The molecule has 2 aromatic rings. The number of benzene rings is 2. The summed E-state index contributed by atoms with van der Waals surface area (Å²) in [5, 5.41) is 3.35. The highest BCUT2D eigenvalue weighted by molar-refractivity contribution is 14.1. The predicted molar refractivity (Wildman–Crippen MR) is 95.7 cm³/mol. The number of hydrogen-bond acceptors (Lipinski definition) is 2. The molecule has 0 heterocycles. The van der Waals surface area contributed by atoms with Gasteiger partial charge in [-0.15, -0.1) is 0 Å². The summed E-state index contributed by atoms with van der Waals surface area (Å²) in [6.07, 6.45) is 0. The molecule has 0 saturated heterocycles. The summed E-state index contributed by atoms with van der Waals surface area (Å²) in [5.41, 5.74) is 7.00. The lowest BCUT2D eigenvalue weighted by atomic mass is 10.2. The fraction of sp³-hybridized carbons (Fsp3) is 0. The first-order valence-corrected chi connectivity index (χ1v) is 8.02. The molecule has 3 nitrogen and oxygen atoms in total. The van der Waals surface area contributed by atoms with Crippen LogP contribution in [0, 0.1) is 3.57 Å². The van der Waals surface area contributed by atoms with E-state index in [0.29, 0.717) is 27.0 Å². The van der Waals surface area contributed by atoms with Gasteiger partial charge < -0.3 is 11.1 Å². The van der Waals surface area contributed by atoms with Crippen molar-refractivity contribution in [2.45, 2.75) is 0 Å². The highest BCUT2D eigenvalue weighted by atomic mass is 127. The van der Waals surface area contributed by atoms with Crippen molar-refractivity contribution in [1.29, 1.82) is 0 Å². The van der Waals surface area contributed by atoms with E-state index >= 15 is 0 Å². The van der Waals surface area contributed by atoms with E-state index in [1.807, 2.05) is 12.1 Å². The van der Waals surface area contributed by atoms with Crippen molar-refractivity contribution < 1.29 is 4.79 Å². The molecule has 0 aliphatic heterocycles. The van der Waals surface area contributed by atoms with E-state index in [1.165, 1.54) is 0 Å². The van der Waals surface area contributed by atoms with E-state index in [9.17, 15) is 4.79 Å². The maximum atomic E-state index is 12.2. The third-order valence-corrected chi connectivity index (χ3v) is 4.57. The second-order valence-electron chi connectivity index (χ2n) is 3.93. The van der Waals surface area contributed by atoms with Gasteiger partial charge in [-0.05, 0) is 52.9 Å². The van der Waals surface area contributed by atoms with Crippen molar-refractivity contribution in [2.75, 3.05) is 11.1 Å². The molecular weight excluding hydrogens is 478 g/mol.